The number of carbonyl (C=O) groups excluding carboxylic acids is 2. The normalized spacial score (nSPS) is 14.9. The molecule has 1 aliphatic heterocycles. The van der Waals surface area contributed by atoms with Crippen molar-refractivity contribution >= 4 is 21.9 Å². The fourth-order valence-electron chi connectivity index (χ4n) is 4.13. The quantitative estimate of drug-likeness (QED) is 0.523. The first-order chi connectivity index (χ1) is 15.8. The molecule has 1 heterocycles. The largest absolute Gasteiger partial charge is 0.452 e. The van der Waals surface area contributed by atoms with E-state index in [9.17, 15) is 18.0 Å². The Bertz CT molecular complexity index is 1040. The molecular formula is C25H32N2O5S. The number of likely N-dealkylation sites (tertiary alicyclic amines) is 1. The standard InChI is InChI=1S/C25H32N2O5S/c1-3-27(4-2)33(30,31)23-12-8-11-22(18-23)25(29)32-19-24(28)26-15-13-21(14-16-26)17-20-9-6-5-7-10-20/h5-12,18,21H,3-4,13-17,19H2,1-2H3. The number of amides is 1. The van der Waals surface area contributed by atoms with Gasteiger partial charge in [-0.1, -0.05) is 50.2 Å². The highest BCUT2D eigenvalue weighted by molar-refractivity contribution is 7.89. The van der Waals surface area contributed by atoms with Crippen LogP contribution in [0.25, 0.3) is 0 Å². The van der Waals surface area contributed by atoms with Gasteiger partial charge in [0.05, 0.1) is 10.5 Å². The molecular weight excluding hydrogens is 440 g/mol. The minimum Gasteiger partial charge on any atom is -0.452 e. The molecule has 3 rings (SSSR count). The molecule has 0 aromatic heterocycles. The van der Waals surface area contributed by atoms with E-state index in [-0.39, 0.29) is 23.0 Å². The van der Waals surface area contributed by atoms with Crippen LogP contribution in [0.15, 0.2) is 59.5 Å². The molecule has 1 saturated heterocycles. The molecule has 0 saturated carbocycles. The van der Waals surface area contributed by atoms with E-state index in [0.29, 0.717) is 32.1 Å². The van der Waals surface area contributed by atoms with Gasteiger partial charge in [-0.25, -0.2) is 13.2 Å². The number of carbonyl (C=O) groups is 2. The summed E-state index contributed by atoms with van der Waals surface area (Å²) in [6, 6.07) is 16.1. The molecule has 0 N–H and O–H groups in total. The van der Waals surface area contributed by atoms with E-state index >= 15 is 0 Å². The van der Waals surface area contributed by atoms with Crippen LogP contribution in [-0.2, 0) is 26.0 Å². The smallest absolute Gasteiger partial charge is 0.338 e. The van der Waals surface area contributed by atoms with E-state index in [1.807, 2.05) is 18.2 Å². The van der Waals surface area contributed by atoms with Gasteiger partial charge in [-0.3, -0.25) is 4.79 Å². The maximum atomic E-state index is 12.7. The number of sulfonamides is 1. The van der Waals surface area contributed by atoms with Crippen LogP contribution in [0.5, 0.6) is 0 Å². The Hall–Kier alpha value is -2.71. The summed E-state index contributed by atoms with van der Waals surface area (Å²) in [6.07, 6.45) is 2.84. The zero-order chi connectivity index (χ0) is 23.8. The van der Waals surface area contributed by atoms with Crippen LogP contribution in [0.4, 0.5) is 0 Å². The highest BCUT2D eigenvalue weighted by Gasteiger charge is 2.25. The Labute approximate surface area is 196 Å². The Kier molecular flexibility index (Phi) is 8.63. The van der Waals surface area contributed by atoms with Crippen LogP contribution in [0.2, 0.25) is 0 Å². The lowest BCUT2D eigenvalue weighted by molar-refractivity contribution is -0.135. The van der Waals surface area contributed by atoms with Crippen molar-refractivity contribution in [3.63, 3.8) is 0 Å². The first-order valence-corrected chi connectivity index (χ1v) is 12.9. The monoisotopic (exact) mass is 472 g/mol. The minimum atomic E-state index is -3.68. The van der Waals surface area contributed by atoms with Crippen molar-refractivity contribution in [3.05, 3.63) is 65.7 Å². The van der Waals surface area contributed by atoms with Gasteiger partial charge in [0.2, 0.25) is 10.0 Å². The van der Waals surface area contributed by atoms with E-state index in [0.717, 1.165) is 19.3 Å². The van der Waals surface area contributed by atoms with E-state index in [2.05, 4.69) is 12.1 Å². The molecule has 2 aromatic carbocycles. The van der Waals surface area contributed by atoms with Crippen LogP contribution < -0.4 is 0 Å². The van der Waals surface area contributed by atoms with Crippen LogP contribution in [0, 0.1) is 5.92 Å². The van der Waals surface area contributed by atoms with Gasteiger partial charge in [0.25, 0.3) is 5.91 Å². The highest BCUT2D eigenvalue weighted by atomic mass is 32.2. The second-order valence-corrected chi connectivity index (χ2v) is 10.1. The number of hydrogen-bond acceptors (Lipinski definition) is 5. The molecule has 0 unspecified atom stereocenters. The maximum absolute atomic E-state index is 12.7. The van der Waals surface area contributed by atoms with E-state index in [1.165, 1.54) is 34.1 Å². The Balaban J connectivity index is 1.51. The van der Waals surface area contributed by atoms with Gasteiger partial charge >= 0.3 is 5.97 Å². The molecule has 178 valence electrons. The SMILES string of the molecule is CCN(CC)S(=O)(=O)c1cccc(C(=O)OCC(=O)N2CCC(Cc3ccccc3)CC2)c1. The number of rotatable bonds is 9. The third-order valence-electron chi connectivity index (χ3n) is 6.07. The van der Waals surface area contributed by atoms with Gasteiger partial charge < -0.3 is 9.64 Å². The van der Waals surface area contributed by atoms with E-state index in [1.54, 1.807) is 18.7 Å². The summed E-state index contributed by atoms with van der Waals surface area (Å²) in [5.74, 6) is -0.401. The number of nitrogens with zero attached hydrogens (tertiary/aromatic N) is 2. The molecule has 2 aromatic rings. The topological polar surface area (TPSA) is 84.0 Å². The maximum Gasteiger partial charge on any atom is 0.338 e. The van der Waals surface area contributed by atoms with Crippen molar-refractivity contribution in [2.24, 2.45) is 5.92 Å². The number of ether oxygens (including phenoxy) is 1. The van der Waals surface area contributed by atoms with Gasteiger partial charge in [-0.05, 0) is 48.9 Å². The molecule has 0 radical (unpaired) electrons. The summed E-state index contributed by atoms with van der Waals surface area (Å²) in [7, 11) is -3.68. The summed E-state index contributed by atoms with van der Waals surface area (Å²) in [5, 5.41) is 0. The zero-order valence-corrected chi connectivity index (χ0v) is 20.1. The minimum absolute atomic E-state index is 0.0347. The fourth-order valence-corrected chi connectivity index (χ4v) is 5.64. The third-order valence-corrected chi connectivity index (χ3v) is 8.12. The van der Waals surface area contributed by atoms with Crippen LogP contribution in [0.1, 0.15) is 42.6 Å². The van der Waals surface area contributed by atoms with Crippen LogP contribution in [-0.4, -0.2) is 62.3 Å². The number of hydrogen-bond donors (Lipinski definition) is 0. The van der Waals surface area contributed by atoms with Crippen LogP contribution in [0.3, 0.4) is 0 Å². The van der Waals surface area contributed by atoms with Crippen molar-refractivity contribution in [3.8, 4) is 0 Å². The first-order valence-electron chi connectivity index (χ1n) is 11.4. The molecule has 0 atom stereocenters. The van der Waals surface area contributed by atoms with Gasteiger partial charge in [0.15, 0.2) is 6.61 Å². The van der Waals surface area contributed by atoms with Crippen molar-refractivity contribution in [2.45, 2.75) is 38.0 Å². The molecule has 7 nitrogen and oxygen atoms in total. The van der Waals surface area contributed by atoms with Crippen molar-refractivity contribution in [1.29, 1.82) is 0 Å². The average molecular weight is 473 g/mol. The molecule has 0 bridgehead atoms. The lowest BCUT2D eigenvalue weighted by atomic mass is 9.90. The van der Waals surface area contributed by atoms with Gasteiger partial charge in [0, 0.05) is 26.2 Å². The zero-order valence-electron chi connectivity index (χ0n) is 19.3. The molecule has 1 aliphatic rings. The molecule has 0 aliphatic carbocycles. The summed E-state index contributed by atoms with van der Waals surface area (Å²) in [5.41, 5.74) is 1.42. The Morgan fingerprint density at radius 1 is 1.00 bits per heavy atom. The third kappa shape index (κ3) is 6.42. The average Bonchev–Trinajstić information content (AvgIpc) is 2.84. The predicted molar refractivity (Wildman–Crippen MR) is 126 cm³/mol. The summed E-state index contributed by atoms with van der Waals surface area (Å²) in [4.78, 5) is 26.8. The predicted octanol–water partition coefficient (Wildman–Crippen LogP) is 3.36. The number of piperidine rings is 1. The van der Waals surface area contributed by atoms with Gasteiger partial charge in [-0.2, -0.15) is 4.31 Å². The highest BCUT2D eigenvalue weighted by Crippen LogP contribution is 2.22. The molecule has 0 spiro atoms. The van der Waals surface area contributed by atoms with Crippen molar-refractivity contribution < 1.29 is 22.7 Å². The van der Waals surface area contributed by atoms with Crippen LogP contribution >= 0.6 is 0 Å². The first kappa shape index (κ1) is 24.9. The van der Waals surface area contributed by atoms with E-state index < -0.39 is 16.0 Å². The van der Waals surface area contributed by atoms with Gasteiger partial charge in [-0.15, -0.1) is 0 Å². The fraction of sp³-hybridized carbons (Fsp3) is 0.440. The number of esters is 1. The molecule has 8 heteroatoms. The van der Waals surface area contributed by atoms with Gasteiger partial charge in [0.1, 0.15) is 0 Å². The van der Waals surface area contributed by atoms with Crippen molar-refractivity contribution in [1.82, 2.24) is 9.21 Å². The second-order valence-electron chi connectivity index (χ2n) is 8.21. The molecule has 1 amide bonds. The number of benzene rings is 2. The molecule has 33 heavy (non-hydrogen) atoms. The lowest BCUT2D eigenvalue weighted by Crippen LogP contribution is -2.41. The summed E-state index contributed by atoms with van der Waals surface area (Å²) < 4.78 is 31.9. The lowest BCUT2D eigenvalue weighted by Gasteiger charge is -2.32. The Morgan fingerprint density at radius 3 is 2.30 bits per heavy atom. The Morgan fingerprint density at radius 2 is 1.67 bits per heavy atom. The van der Waals surface area contributed by atoms with E-state index in [4.69, 9.17) is 4.74 Å². The van der Waals surface area contributed by atoms with Crippen molar-refractivity contribution in [2.75, 3.05) is 32.8 Å². The summed E-state index contributed by atoms with van der Waals surface area (Å²) >= 11 is 0. The molecule has 1 fully saturated rings. The summed E-state index contributed by atoms with van der Waals surface area (Å²) in [6.45, 7) is 5.13. The second kappa shape index (κ2) is 11.4.